The molecule has 0 unspecified atom stereocenters. The van der Waals surface area contributed by atoms with E-state index in [-0.39, 0.29) is 30.7 Å². The lowest BCUT2D eigenvalue weighted by molar-refractivity contribution is -0.140. The zero-order chi connectivity index (χ0) is 26.3. The Morgan fingerprint density at radius 2 is 1.75 bits per heavy atom. The number of carbonyl (C=O) groups is 2. The summed E-state index contributed by atoms with van der Waals surface area (Å²) < 4.78 is 51.2. The third kappa shape index (κ3) is 6.45. The molecule has 36 heavy (non-hydrogen) atoms. The van der Waals surface area contributed by atoms with Crippen LogP contribution >= 0.6 is 0 Å². The second-order valence-corrected chi connectivity index (χ2v) is 10.5. The number of hydrogen-bond acceptors (Lipinski definition) is 6. The number of carbonyl (C=O) groups excluding carboxylic acids is 2. The standard InChI is InChI=1S/C25H32FN3O6S/c1-4-13-27-25(31)21(5-2)28(15-18-7-9-19(26)10-8-18)24(30)16-29(36(32,33)6-3)20-11-12-22-23(14-20)35-17-34-22/h7-12,14,21H,4-6,13,15-17H2,1-3H3,(H,27,31)/t21-/m1/s1. The highest BCUT2D eigenvalue weighted by molar-refractivity contribution is 7.92. The molecule has 2 amide bonds. The van der Waals surface area contributed by atoms with Crippen LogP contribution < -0.4 is 19.1 Å². The second kappa shape index (κ2) is 12.1. The van der Waals surface area contributed by atoms with Gasteiger partial charge in [0.25, 0.3) is 0 Å². The summed E-state index contributed by atoms with van der Waals surface area (Å²) in [4.78, 5) is 28.0. The third-order valence-corrected chi connectivity index (χ3v) is 7.57. The van der Waals surface area contributed by atoms with Crippen LogP contribution in [0.5, 0.6) is 11.5 Å². The number of hydrogen-bond donors (Lipinski definition) is 1. The summed E-state index contributed by atoms with van der Waals surface area (Å²) in [5.41, 5.74) is 0.860. The molecule has 0 saturated carbocycles. The fourth-order valence-electron chi connectivity index (χ4n) is 3.83. The Labute approximate surface area is 211 Å². The maximum absolute atomic E-state index is 13.7. The summed E-state index contributed by atoms with van der Waals surface area (Å²) in [6.45, 7) is 5.15. The summed E-state index contributed by atoms with van der Waals surface area (Å²) in [7, 11) is -3.87. The van der Waals surface area contributed by atoms with Crippen molar-refractivity contribution in [3.05, 3.63) is 53.8 Å². The minimum atomic E-state index is -3.87. The Hall–Kier alpha value is -3.34. The van der Waals surface area contributed by atoms with Gasteiger partial charge in [-0.1, -0.05) is 26.0 Å². The quantitative estimate of drug-likeness (QED) is 0.460. The lowest BCUT2D eigenvalue weighted by Gasteiger charge is -2.33. The van der Waals surface area contributed by atoms with E-state index in [1.54, 1.807) is 19.1 Å². The van der Waals surface area contributed by atoms with Gasteiger partial charge in [0.1, 0.15) is 18.4 Å². The van der Waals surface area contributed by atoms with E-state index >= 15 is 0 Å². The van der Waals surface area contributed by atoms with Crippen molar-refractivity contribution in [1.82, 2.24) is 10.2 Å². The predicted molar refractivity (Wildman–Crippen MR) is 134 cm³/mol. The molecule has 11 heteroatoms. The Bertz CT molecular complexity index is 1170. The van der Waals surface area contributed by atoms with Gasteiger partial charge in [0, 0.05) is 19.2 Å². The molecule has 3 rings (SSSR count). The zero-order valence-corrected chi connectivity index (χ0v) is 21.5. The number of rotatable bonds is 12. The fraction of sp³-hybridized carbons (Fsp3) is 0.440. The van der Waals surface area contributed by atoms with Gasteiger partial charge in [-0.05, 0) is 49.6 Å². The summed E-state index contributed by atoms with van der Waals surface area (Å²) in [6, 6.07) is 9.42. The van der Waals surface area contributed by atoms with Crippen LogP contribution in [-0.4, -0.2) is 56.8 Å². The van der Waals surface area contributed by atoms with Crippen LogP contribution in [0.4, 0.5) is 10.1 Å². The Morgan fingerprint density at radius 1 is 1.06 bits per heavy atom. The van der Waals surface area contributed by atoms with Crippen molar-refractivity contribution in [2.75, 3.05) is 29.9 Å². The van der Waals surface area contributed by atoms with Gasteiger partial charge in [-0.15, -0.1) is 0 Å². The number of halogens is 1. The van der Waals surface area contributed by atoms with Crippen LogP contribution in [0.2, 0.25) is 0 Å². The van der Waals surface area contributed by atoms with E-state index in [1.165, 1.54) is 42.2 Å². The second-order valence-electron chi connectivity index (χ2n) is 8.31. The molecule has 2 aromatic rings. The number of ether oxygens (including phenoxy) is 2. The van der Waals surface area contributed by atoms with Gasteiger partial charge < -0.3 is 19.7 Å². The van der Waals surface area contributed by atoms with Gasteiger partial charge >= 0.3 is 0 Å². The first-order chi connectivity index (χ1) is 17.2. The molecule has 0 radical (unpaired) electrons. The molecule has 0 spiro atoms. The van der Waals surface area contributed by atoms with Crippen molar-refractivity contribution in [2.24, 2.45) is 0 Å². The number of nitrogens with one attached hydrogen (secondary N) is 1. The molecule has 0 fully saturated rings. The van der Waals surface area contributed by atoms with Gasteiger partial charge in [-0.3, -0.25) is 13.9 Å². The molecule has 2 aromatic carbocycles. The number of benzene rings is 2. The van der Waals surface area contributed by atoms with E-state index in [0.29, 0.717) is 30.0 Å². The highest BCUT2D eigenvalue weighted by atomic mass is 32.2. The average molecular weight is 522 g/mol. The molecule has 1 aliphatic rings. The van der Waals surface area contributed by atoms with Gasteiger partial charge in [0.05, 0.1) is 11.4 Å². The first kappa shape index (κ1) is 27.3. The van der Waals surface area contributed by atoms with Crippen molar-refractivity contribution in [1.29, 1.82) is 0 Å². The summed E-state index contributed by atoms with van der Waals surface area (Å²) in [5, 5.41) is 2.81. The molecule has 0 bridgehead atoms. The highest BCUT2D eigenvalue weighted by Gasteiger charge is 2.33. The Kier molecular flexibility index (Phi) is 9.14. The van der Waals surface area contributed by atoms with E-state index < -0.39 is 34.3 Å². The molecule has 1 aliphatic heterocycles. The predicted octanol–water partition coefficient (Wildman–Crippen LogP) is 3.04. The van der Waals surface area contributed by atoms with Crippen molar-refractivity contribution in [3.8, 4) is 11.5 Å². The molecular weight excluding hydrogens is 489 g/mol. The van der Waals surface area contributed by atoms with Crippen LogP contribution in [0.3, 0.4) is 0 Å². The molecule has 0 aliphatic carbocycles. The van der Waals surface area contributed by atoms with E-state index in [4.69, 9.17) is 9.47 Å². The molecule has 1 heterocycles. The maximum atomic E-state index is 13.7. The van der Waals surface area contributed by atoms with Crippen LogP contribution in [0.1, 0.15) is 39.2 Å². The van der Waals surface area contributed by atoms with Crippen molar-refractivity contribution in [2.45, 2.75) is 46.2 Å². The third-order valence-electron chi connectivity index (χ3n) is 5.82. The summed E-state index contributed by atoms with van der Waals surface area (Å²) in [5.74, 6) is -0.691. The first-order valence-electron chi connectivity index (χ1n) is 11.9. The number of nitrogens with zero attached hydrogens (tertiary/aromatic N) is 2. The monoisotopic (exact) mass is 521 g/mol. The van der Waals surface area contributed by atoms with Crippen molar-refractivity contribution in [3.63, 3.8) is 0 Å². The number of fused-ring (bicyclic) bond motifs is 1. The average Bonchev–Trinajstić information content (AvgIpc) is 3.34. The topological polar surface area (TPSA) is 105 Å². The Balaban J connectivity index is 1.95. The van der Waals surface area contributed by atoms with Gasteiger partial charge in [0.2, 0.25) is 28.6 Å². The smallest absolute Gasteiger partial charge is 0.244 e. The van der Waals surface area contributed by atoms with Crippen LogP contribution in [0, 0.1) is 5.82 Å². The van der Waals surface area contributed by atoms with E-state index in [0.717, 1.165) is 10.7 Å². The largest absolute Gasteiger partial charge is 0.454 e. The van der Waals surface area contributed by atoms with Gasteiger partial charge in [-0.25, -0.2) is 12.8 Å². The normalized spacial score (nSPS) is 13.2. The number of amides is 2. The lowest BCUT2D eigenvalue weighted by atomic mass is 10.1. The van der Waals surface area contributed by atoms with Crippen LogP contribution in [-0.2, 0) is 26.2 Å². The van der Waals surface area contributed by atoms with E-state index in [2.05, 4.69) is 5.32 Å². The summed E-state index contributed by atoms with van der Waals surface area (Å²) >= 11 is 0. The molecule has 0 saturated heterocycles. The molecule has 1 atom stereocenters. The number of sulfonamides is 1. The summed E-state index contributed by atoms with van der Waals surface area (Å²) in [6.07, 6.45) is 1.04. The maximum Gasteiger partial charge on any atom is 0.244 e. The van der Waals surface area contributed by atoms with E-state index in [1.807, 2.05) is 6.92 Å². The van der Waals surface area contributed by atoms with Crippen molar-refractivity contribution >= 4 is 27.5 Å². The fourth-order valence-corrected chi connectivity index (χ4v) is 4.89. The SMILES string of the molecule is CCCNC(=O)[C@@H](CC)N(Cc1ccc(F)cc1)C(=O)CN(c1ccc2c(c1)OCO2)S(=O)(=O)CC. The highest BCUT2D eigenvalue weighted by Crippen LogP contribution is 2.36. The molecule has 196 valence electrons. The van der Waals surface area contributed by atoms with E-state index in [9.17, 15) is 22.4 Å². The number of anilines is 1. The minimum absolute atomic E-state index is 0.0122. The van der Waals surface area contributed by atoms with Gasteiger partial charge in [-0.2, -0.15) is 0 Å². The molecule has 9 nitrogen and oxygen atoms in total. The molecule has 1 N–H and O–H groups in total. The van der Waals surface area contributed by atoms with Crippen LogP contribution in [0.15, 0.2) is 42.5 Å². The van der Waals surface area contributed by atoms with Gasteiger partial charge in [0.15, 0.2) is 11.5 Å². The molecular formula is C25H32FN3O6S. The Morgan fingerprint density at radius 3 is 2.39 bits per heavy atom. The van der Waals surface area contributed by atoms with Crippen molar-refractivity contribution < 1.29 is 31.9 Å². The molecule has 0 aromatic heterocycles. The van der Waals surface area contributed by atoms with Crippen LogP contribution in [0.25, 0.3) is 0 Å². The first-order valence-corrected chi connectivity index (χ1v) is 13.5. The zero-order valence-electron chi connectivity index (χ0n) is 20.7. The lowest BCUT2D eigenvalue weighted by Crippen LogP contribution is -2.52. The minimum Gasteiger partial charge on any atom is -0.454 e.